The van der Waals surface area contributed by atoms with Crippen LogP contribution >= 0.6 is 11.3 Å². The Hall–Kier alpha value is -3.00. The Balaban J connectivity index is 1.91. The third-order valence-corrected chi connectivity index (χ3v) is 5.69. The van der Waals surface area contributed by atoms with Crippen LogP contribution in [0.5, 0.6) is 0 Å². The molecule has 1 amide bonds. The molecular formula is C22H25N3O4S. The van der Waals surface area contributed by atoms with E-state index in [-0.39, 0.29) is 28.8 Å². The highest BCUT2D eigenvalue weighted by Gasteiger charge is 2.20. The van der Waals surface area contributed by atoms with Crippen LogP contribution in [0.25, 0.3) is 10.2 Å². The van der Waals surface area contributed by atoms with Crippen LogP contribution < -0.4 is 10.9 Å². The number of aryl methyl sites for hydroxylation is 1. The maximum atomic E-state index is 13.0. The number of amides is 1. The van der Waals surface area contributed by atoms with E-state index < -0.39 is 11.5 Å². The number of thiophene rings is 1. The van der Waals surface area contributed by atoms with Gasteiger partial charge in [-0.05, 0) is 29.5 Å². The van der Waals surface area contributed by atoms with E-state index in [1.807, 2.05) is 31.2 Å². The molecule has 2 heterocycles. The second kappa shape index (κ2) is 8.39. The Kier molecular flexibility index (Phi) is 6.07. The number of carboxylic acid groups (broad SMARTS) is 1. The molecule has 0 fully saturated rings. The number of nitrogens with zero attached hydrogens (tertiary/aromatic N) is 2. The van der Waals surface area contributed by atoms with Crippen LogP contribution in [0.3, 0.4) is 0 Å². The molecule has 30 heavy (non-hydrogen) atoms. The van der Waals surface area contributed by atoms with Crippen molar-refractivity contribution in [1.82, 2.24) is 9.55 Å². The zero-order valence-corrected chi connectivity index (χ0v) is 18.3. The number of carboxylic acids is 1. The predicted molar refractivity (Wildman–Crippen MR) is 119 cm³/mol. The minimum atomic E-state index is -1.18. The number of fused-ring (bicyclic) bond motifs is 1. The molecule has 7 nitrogen and oxygen atoms in total. The summed E-state index contributed by atoms with van der Waals surface area (Å²) in [4.78, 5) is 42.0. The van der Waals surface area contributed by atoms with E-state index in [9.17, 15) is 19.5 Å². The number of anilines is 1. The first-order valence-corrected chi connectivity index (χ1v) is 10.6. The number of benzene rings is 1. The molecule has 158 valence electrons. The molecular weight excluding hydrogens is 402 g/mol. The zero-order valence-electron chi connectivity index (χ0n) is 17.5. The first-order valence-electron chi connectivity index (χ1n) is 9.76. The molecule has 0 radical (unpaired) electrons. The van der Waals surface area contributed by atoms with Crippen LogP contribution in [0.15, 0.2) is 34.4 Å². The highest BCUT2D eigenvalue weighted by Crippen LogP contribution is 2.24. The Bertz CT molecular complexity index is 1150. The SMILES string of the molecule is CCCc1nc2scc(C(=O)O)c2c(=O)n1CC(=O)Nc1ccc(C(C)(C)C)cc1. The number of aromatic nitrogens is 2. The van der Waals surface area contributed by atoms with Gasteiger partial charge in [-0.15, -0.1) is 11.3 Å². The van der Waals surface area contributed by atoms with Gasteiger partial charge in [0.1, 0.15) is 17.2 Å². The molecule has 1 aromatic carbocycles. The minimum absolute atomic E-state index is 0.00830. The third kappa shape index (κ3) is 4.43. The third-order valence-electron chi connectivity index (χ3n) is 4.81. The number of carbonyl (C=O) groups is 2. The number of aromatic carboxylic acids is 1. The van der Waals surface area contributed by atoms with E-state index in [1.165, 1.54) is 9.95 Å². The molecule has 2 aromatic heterocycles. The molecule has 0 saturated heterocycles. The molecule has 0 aliphatic rings. The Morgan fingerprint density at radius 3 is 2.43 bits per heavy atom. The molecule has 0 spiro atoms. The molecule has 0 bridgehead atoms. The van der Waals surface area contributed by atoms with E-state index in [4.69, 9.17) is 0 Å². The van der Waals surface area contributed by atoms with Crippen molar-refractivity contribution in [3.8, 4) is 0 Å². The Labute approximate surface area is 178 Å². The quantitative estimate of drug-likeness (QED) is 0.618. The van der Waals surface area contributed by atoms with Crippen molar-refractivity contribution in [1.29, 1.82) is 0 Å². The number of rotatable bonds is 6. The summed E-state index contributed by atoms with van der Waals surface area (Å²) in [7, 11) is 0. The lowest BCUT2D eigenvalue weighted by atomic mass is 9.87. The second-order valence-corrected chi connectivity index (χ2v) is 9.04. The fourth-order valence-electron chi connectivity index (χ4n) is 3.20. The van der Waals surface area contributed by atoms with E-state index in [0.29, 0.717) is 22.8 Å². The molecule has 0 saturated carbocycles. The van der Waals surface area contributed by atoms with Crippen molar-refractivity contribution in [2.24, 2.45) is 0 Å². The molecule has 2 N–H and O–H groups in total. The summed E-state index contributed by atoms with van der Waals surface area (Å²) in [5.41, 5.74) is 1.21. The van der Waals surface area contributed by atoms with Gasteiger partial charge < -0.3 is 10.4 Å². The van der Waals surface area contributed by atoms with Gasteiger partial charge >= 0.3 is 5.97 Å². The normalized spacial score (nSPS) is 11.6. The molecule has 0 aliphatic carbocycles. The van der Waals surface area contributed by atoms with Gasteiger partial charge in [-0.3, -0.25) is 14.2 Å². The first-order chi connectivity index (χ1) is 14.1. The summed E-state index contributed by atoms with van der Waals surface area (Å²) in [6.07, 6.45) is 1.25. The standard InChI is InChI=1S/C22H25N3O4S/c1-5-6-16-24-19-18(15(12-30-19)21(28)29)20(27)25(16)11-17(26)23-14-9-7-13(8-10-14)22(2,3)4/h7-10,12H,5-6,11H2,1-4H3,(H,23,26)(H,28,29). The van der Waals surface area contributed by atoms with Crippen LogP contribution in [-0.2, 0) is 23.2 Å². The summed E-state index contributed by atoms with van der Waals surface area (Å²) in [6.45, 7) is 8.06. The van der Waals surface area contributed by atoms with Crippen molar-refractivity contribution in [3.05, 3.63) is 57.0 Å². The summed E-state index contributed by atoms with van der Waals surface area (Å²) in [5.74, 6) is -1.07. The van der Waals surface area contributed by atoms with Crippen LogP contribution in [0.4, 0.5) is 5.69 Å². The number of hydrogen-bond acceptors (Lipinski definition) is 5. The van der Waals surface area contributed by atoms with Crippen LogP contribution in [0.1, 0.15) is 55.9 Å². The molecule has 0 unspecified atom stereocenters. The summed E-state index contributed by atoms with van der Waals surface area (Å²) in [5, 5.41) is 13.6. The van der Waals surface area contributed by atoms with Crippen molar-refractivity contribution in [3.63, 3.8) is 0 Å². The van der Waals surface area contributed by atoms with Gasteiger partial charge in [-0.2, -0.15) is 0 Å². The molecule has 3 aromatic rings. The second-order valence-electron chi connectivity index (χ2n) is 8.18. The monoisotopic (exact) mass is 427 g/mol. The Morgan fingerprint density at radius 2 is 1.87 bits per heavy atom. The van der Waals surface area contributed by atoms with Crippen molar-refractivity contribution < 1.29 is 14.7 Å². The molecule has 3 rings (SSSR count). The van der Waals surface area contributed by atoms with Gasteiger partial charge in [0.05, 0.1) is 10.9 Å². The smallest absolute Gasteiger partial charge is 0.337 e. The lowest BCUT2D eigenvalue weighted by molar-refractivity contribution is -0.116. The number of hydrogen-bond donors (Lipinski definition) is 2. The van der Waals surface area contributed by atoms with Crippen molar-refractivity contribution in [2.75, 3.05) is 5.32 Å². The molecule has 0 aliphatic heterocycles. The van der Waals surface area contributed by atoms with Crippen LogP contribution in [-0.4, -0.2) is 26.5 Å². The summed E-state index contributed by atoms with van der Waals surface area (Å²) < 4.78 is 1.28. The van der Waals surface area contributed by atoms with Gasteiger partial charge in [0.25, 0.3) is 5.56 Å². The van der Waals surface area contributed by atoms with Gasteiger partial charge in [0.15, 0.2) is 0 Å². The summed E-state index contributed by atoms with van der Waals surface area (Å²) >= 11 is 1.12. The van der Waals surface area contributed by atoms with Gasteiger partial charge in [-0.1, -0.05) is 39.8 Å². The molecule has 0 atom stereocenters. The fraction of sp³-hybridized carbons (Fsp3) is 0.364. The van der Waals surface area contributed by atoms with E-state index in [2.05, 4.69) is 31.1 Å². The lowest BCUT2D eigenvalue weighted by Crippen LogP contribution is -2.31. The van der Waals surface area contributed by atoms with E-state index >= 15 is 0 Å². The lowest BCUT2D eigenvalue weighted by Gasteiger charge is -2.19. The largest absolute Gasteiger partial charge is 0.478 e. The van der Waals surface area contributed by atoms with E-state index in [0.717, 1.165) is 23.3 Å². The van der Waals surface area contributed by atoms with Crippen molar-refractivity contribution in [2.45, 2.75) is 52.5 Å². The topological polar surface area (TPSA) is 101 Å². The highest BCUT2D eigenvalue weighted by atomic mass is 32.1. The average molecular weight is 428 g/mol. The first kappa shape index (κ1) is 21.7. The van der Waals surface area contributed by atoms with Gasteiger partial charge in [0, 0.05) is 17.5 Å². The van der Waals surface area contributed by atoms with Crippen LogP contribution in [0.2, 0.25) is 0 Å². The molecule has 8 heteroatoms. The van der Waals surface area contributed by atoms with E-state index in [1.54, 1.807) is 0 Å². The van der Waals surface area contributed by atoms with Gasteiger partial charge in [-0.25, -0.2) is 9.78 Å². The highest BCUT2D eigenvalue weighted by molar-refractivity contribution is 7.17. The Morgan fingerprint density at radius 1 is 1.20 bits per heavy atom. The number of nitrogens with one attached hydrogen (secondary N) is 1. The average Bonchev–Trinajstić information content (AvgIpc) is 3.09. The fourth-order valence-corrected chi connectivity index (χ4v) is 4.12. The maximum absolute atomic E-state index is 13.0. The maximum Gasteiger partial charge on any atom is 0.337 e. The number of carbonyl (C=O) groups excluding carboxylic acids is 1. The summed E-state index contributed by atoms with van der Waals surface area (Å²) in [6, 6.07) is 7.58. The van der Waals surface area contributed by atoms with Crippen molar-refractivity contribution >= 4 is 39.1 Å². The van der Waals surface area contributed by atoms with Gasteiger partial charge in [0.2, 0.25) is 5.91 Å². The predicted octanol–water partition coefficient (Wildman–Crippen LogP) is 4.04. The minimum Gasteiger partial charge on any atom is -0.478 e. The van der Waals surface area contributed by atoms with Crippen LogP contribution in [0, 0.1) is 0 Å². The zero-order chi connectivity index (χ0) is 22.1.